The number of amides is 1. The molecule has 1 aromatic rings. The van der Waals surface area contributed by atoms with Crippen molar-refractivity contribution in [1.82, 2.24) is 5.32 Å². The van der Waals surface area contributed by atoms with Crippen molar-refractivity contribution in [3.05, 3.63) is 29.6 Å². The summed E-state index contributed by atoms with van der Waals surface area (Å²) in [6.07, 6.45) is 0.630. The molecule has 0 spiro atoms. The number of alkyl halides is 1. The summed E-state index contributed by atoms with van der Waals surface area (Å²) in [5.74, 6) is 0.0147. The lowest BCUT2D eigenvalue weighted by molar-refractivity contribution is -0.121. The molecule has 5 heteroatoms. The predicted molar refractivity (Wildman–Crippen MR) is 62.8 cm³/mol. The number of hydrogen-bond donors (Lipinski definition) is 1. The highest BCUT2D eigenvalue weighted by molar-refractivity contribution is 6.30. The second-order valence-corrected chi connectivity index (χ2v) is 4.74. The second kappa shape index (κ2) is 4.92. The van der Waals surface area contributed by atoms with Gasteiger partial charge in [-0.15, -0.1) is 11.6 Å². The highest BCUT2D eigenvalue weighted by Gasteiger charge is 2.22. The number of rotatable bonds is 2. The van der Waals surface area contributed by atoms with Gasteiger partial charge in [0.1, 0.15) is 23.6 Å². The Kier molecular flexibility index (Phi) is 3.52. The first-order valence-corrected chi connectivity index (χ1v) is 5.85. The van der Waals surface area contributed by atoms with Gasteiger partial charge in [-0.3, -0.25) is 4.79 Å². The normalized spacial score (nSPS) is 20.1. The number of fused-ring (bicyclic) bond motifs is 1. The minimum absolute atomic E-state index is 0.110. The molecule has 2 unspecified atom stereocenters. The summed E-state index contributed by atoms with van der Waals surface area (Å²) < 4.78 is 18.3. The largest absolute Gasteiger partial charge is 0.491 e. The molecular formula is C12H13ClFNO2. The van der Waals surface area contributed by atoms with Crippen LogP contribution >= 0.6 is 11.6 Å². The van der Waals surface area contributed by atoms with Gasteiger partial charge in [0.25, 0.3) is 0 Å². The van der Waals surface area contributed by atoms with Crippen molar-refractivity contribution >= 4 is 17.5 Å². The van der Waals surface area contributed by atoms with Crippen molar-refractivity contribution in [3.63, 3.8) is 0 Å². The van der Waals surface area contributed by atoms with E-state index in [0.29, 0.717) is 18.8 Å². The van der Waals surface area contributed by atoms with Crippen LogP contribution in [0.4, 0.5) is 4.39 Å². The fraction of sp³-hybridized carbons (Fsp3) is 0.417. The van der Waals surface area contributed by atoms with Crippen LogP contribution in [0.25, 0.3) is 0 Å². The minimum atomic E-state index is -0.565. The van der Waals surface area contributed by atoms with Gasteiger partial charge in [0.15, 0.2) is 0 Å². The first kappa shape index (κ1) is 12.2. The van der Waals surface area contributed by atoms with Gasteiger partial charge in [-0.2, -0.15) is 0 Å². The van der Waals surface area contributed by atoms with Crippen LogP contribution in [0.5, 0.6) is 5.75 Å². The summed E-state index contributed by atoms with van der Waals surface area (Å²) in [6.45, 7) is 1.95. The maximum absolute atomic E-state index is 12.9. The molecule has 0 aliphatic carbocycles. The van der Waals surface area contributed by atoms with Crippen LogP contribution in [0.2, 0.25) is 0 Å². The van der Waals surface area contributed by atoms with Crippen LogP contribution < -0.4 is 10.1 Å². The van der Waals surface area contributed by atoms with Crippen molar-refractivity contribution < 1.29 is 13.9 Å². The van der Waals surface area contributed by atoms with Crippen molar-refractivity contribution in [1.29, 1.82) is 0 Å². The van der Waals surface area contributed by atoms with Crippen LogP contribution in [-0.4, -0.2) is 23.9 Å². The van der Waals surface area contributed by atoms with Crippen LogP contribution in [0.15, 0.2) is 18.2 Å². The summed E-state index contributed by atoms with van der Waals surface area (Å²) in [7, 11) is 0. The molecule has 1 aliphatic rings. The van der Waals surface area contributed by atoms with E-state index in [4.69, 9.17) is 16.3 Å². The molecular weight excluding hydrogens is 245 g/mol. The van der Waals surface area contributed by atoms with Crippen LogP contribution in [-0.2, 0) is 11.2 Å². The van der Waals surface area contributed by atoms with Crippen LogP contribution in [0.1, 0.15) is 12.5 Å². The molecule has 0 bridgehead atoms. The Labute approximate surface area is 104 Å². The molecule has 2 atom stereocenters. The Balaban J connectivity index is 2.04. The molecule has 0 saturated carbocycles. The van der Waals surface area contributed by atoms with Crippen molar-refractivity contribution in [2.75, 3.05) is 6.61 Å². The third kappa shape index (κ3) is 2.88. The monoisotopic (exact) mass is 257 g/mol. The summed E-state index contributed by atoms with van der Waals surface area (Å²) in [6, 6.07) is 4.31. The molecule has 0 saturated heterocycles. The second-order valence-electron chi connectivity index (χ2n) is 4.09. The fourth-order valence-corrected chi connectivity index (χ4v) is 1.82. The van der Waals surface area contributed by atoms with Crippen molar-refractivity contribution in [2.45, 2.75) is 24.8 Å². The standard InChI is InChI=1S/C12H13ClFNO2/c1-7(13)12(16)15-10-4-8-2-3-9(14)5-11(8)17-6-10/h2-3,5,7,10H,4,6H2,1H3,(H,15,16). The van der Waals surface area contributed by atoms with Gasteiger partial charge in [-0.05, 0) is 25.0 Å². The van der Waals surface area contributed by atoms with Gasteiger partial charge in [-0.25, -0.2) is 4.39 Å². The van der Waals surface area contributed by atoms with E-state index in [-0.39, 0.29) is 17.8 Å². The molecule has 1 heterocycles. The van der Waals surface area contributed by atoms with Crippen molar-refractivity contribution in [2.24, 2.45) is 0 Å². The highest BCUT2D eigenvalue weighted by atomic mass is 35.5. The van der Waals surface area contributed by atoms with Gasteiger partial charge in [0.2, 0.25) is 5.91 Å². The zero-order chi connectivity index (χ0) is 12.4. The number of carbonyl (C=O) groups excluding carboxylic acids is 1. The number of carbonyl (C=O) groups is 1. The van der Waals surface area contributed by atoms with Gasteiger partial charge in [0, 0.05) is 6.07 Å². The number of ether oxygens (including phenoxy) is 1. The lowest BCUT2D eigenvalue weighted by Gasteiger charge is -2.26. The Bertz CT molecular complexity index is 437. The molecule has 1 aromatic carbocycles. The van der Waals surface area contributed by atoms with E-state index in [1.807, 2.05) is 0 Å². The molecule has 2 rings (SSSR count). The molecule has 0 aromatic heterocycles. The molecule has 1 amide bonds. The number of nitrogens with one attached hydrogen (secondary N) is 1. The van der Waals surface area contributed by atoms with E-state index in [1.165, 1.54) is 12.1 Å². The van der Waals surface area contributed by atoms with Gasteiger partial charge < -0.3 is 10.1 Å². The molecule has 0 fully saturated rings. The Morgan fingerprint density at radius 1 is 1.65 bits per heavy atom. The zero-order valence-electron chi connectivity index (χ0n) is 9.37. The average molecular weight is 258 g/mol. The van der Waals surface area contributed by atoms with Gasteiger partial charge in [-0.1, -0.05) is 6.07 Å². The number of benzene rings is 1. The molecule has 92 valence electrons. The summed E-state index contributed by atoms with van der Waals surface area (Å²) >= 11 is 5.67. The molecule has 17 heavy (non-hydrogen) atoms. The fourth-order valence-electron chi connectivity index (χ4n) is 1.75. The topological polar surface area (TPSA) is 38.3 Å². The summed E-state index contributed by atoms with van der Waals surface area (Å²) in [4.78, 5) is 11.4. The third-order valence-electron chi connectivity index (χ3n) is 2.64. The van der Waals surface area contributed by atoms with Gasteiger partial charge >= 0.3 is 0 Å². The van der Waals surface area contributed by atoms with E-state index in [1.54, 1.807) is 13.0 Å². The highest BCUT2D eigenvalue weighted by Crippen LogP contribution is 2.25. The van der Waals surface area contributed by atoms with Crippen LogP contribution in [0, 0.1) is 5.82 Å². The summed E-state index contributed by atoms with van der Waals surface area (Å²) in [5.41, 5.74) is 0.894. The third-order valence-corrected chi connectivity index (χ3v) is 2.84. The van der Waals surface area contributed by atoms with E-state index in [9.17, 15) is 9.18 Å². The smallest absolute Gasteiger partial charge is 0.238 e. The van der Waals surface area contributed by atoms with E-state index in [0.717, 1.165) is 5.56 Å². The lowest BCUT2D eigenvalue weighted by Crippen LogP contribution is -2.45. The summed E-state index contributed by atoms with van der Waals surface area (Å²) in [5, 5.41) is 2.22. The van der Waals surface area contributed by atoms with Crippen molar-refractivity contribution in [3.8, 4) is 5.75 Å². The van der Waals surface area contributed by atoms with Crippen LogP contribution in [0.3, 0.4) is 0 Å². The Morgan fingerprint density at radius 2 is 2.41 bits per heavy atom. The Hall–Kier alpha value is -1.29. The Morgan fingerprint density at radius 3 is 3.12 bits per heavy atom. The molecule has 1 aliphatic heterocycles. The predicted octanol–water partition coefficient (Wildman–Crippen LogP) is 1.87. The quantitative estimate of drug-likeness (QED) is 0.822. The SMILES string of the molecule is CC(Cl)C(=O)NC1COc2cc(F)ccc2C1. The average Bonchev–Trinajstić information content (AvgIpc) is 2.29. The molecule has 1 N–H and O–H groups in total. The van der Waals surface area contributed by atoms with E-state index in [2.05, 4.69) is 5.32 Å². The first-order chi connectivity index (χ1) is 8.06. The number of halogens is 2. The minimum Gasteiger partial charge on any atom is -0.491 e. The molecule has 3 nitrogen and oxygen atoms in total. The number of hydrogen-bond acceptors (Lipinski definition) is 2. The van der Waals surface area contributed by atoms with Gasteiger partial charge in [0.05, 0.1) is 6.04 Å². The first-order valence-electron chi connectivity index (χ1n) is 5.42. The lowest BCUT2D eigenvalue weighted by atomic mass is 10.0. The van der Waals surface area contributed by atoms with E-state index >= 15 is 0 Å². The maximum Gasteiger partial charge on any atom is 0.238 e. The zero-order valence-corrected chi connectivity index (χ0v) is 10.1. The molecule has 0 radical (unpaired) electrons. The maximum atomic E-state index is 12.9. The van der Waals surface area contributed by atoms with E-state index < -0.39 is 5.38 Å².